The van der Waals surface area contributed by atoms with E-state index in [1.54, 1.807) is 6.07 Å². The number of carboxylic acids is 1. The second kappa shape index (κ2) is 6.48. The van der Waals surface area contributed by atoms with Crippen LogP contribution in [0.5, 0.6) is 0 Å². The monoisotopic (exact) mass is 359 g/mol. The molecule has 1 unspecified atom stereocenters. The Labute approximate surface area is 164 Å². The average molecular weight is 359 g/mol. The predicted molar refractivity (Wildman–Crippen MR) is 75.4 cm³/mol. The first-order chi connectivity index (χ1) is 11.4. The molecule has 9 heteroatoms. The first kappa shape index (κ1) is 18.5. The number of alkyl halides is 2. The second-order valence-corrected chi connectivity index (χ2v) is 6.78. The van der Waals surface area contributed by atoms with Gasteiger partial charge in [-0.3, -0.25) is 9.48 Å². The molecule has 0 aliphatic heterocycles. The van der Waals surface area contributed by atoms with Crippen LogP contribution in [0.4, 0.5) is 8.78 Å². The van der Waals surface area contributed by atoms with E-state index < -0.39 is 29.8 Å². The van der Waals surface area contributed by atoms with Crippen LogP contribution >= 0.6 is 0 Å². The maximum Gasteiger partial charge on any atom is 1.00 e. The van der Waals surface area contributed by atoms with E-state index in [-0.39, 0.29) is 60.3 Å². The van der Waals surface area contributed by atoms with Crippen molar-refractivity contribution in [1.29, 1.82) is 0 Å². The van der Waals surface area contributed by atoms with Gasteiger partial charge in [-0.15, -0.1) is 0 Å². The van der Waals surface area contributed by atoms with Crippen molar-refractivity contribution in [2.75, 3.05) is 0 Å². The molecule has 1 aromatic heterocycles. The van der Waals surface area contributed by atoms with Crippen molar-refractivity contribution in [2.24, 2.45) is 23.7 Å². The number of aromatic nitrogens is 2. The molecule has 4 rings (SSSR count). The number of rotatable bonds is 5. The van der Waals surface area contributed by atoms with Gasteiger partial charge in [-0.05, 0) is 24.3 Å². The number of aliphatic carboxylic acids is 1. The Hall–Kier alpha value is -1.25. The molecule has 0 aromatic carbocycles. The zero-order chi connectivity index (χ0) is 17.1. The number of allylic oxidation sites excluding steroid dienone is 2. The van der Waals surface area contributed by atoms with E-state index in [4.69, 9.17) is 0 Å². The molecular formula is C16H16F2N3NaO3. The summed E-state index contributed by atoms with van der Waals surface area (Å²) in [5.41, 5.74) is 0.481. The standard InChI is InChI=1S/C16H17F2N3O3.Na/c17-16(18)6-11(16)21-10(3-4-20-21)7-19-14(22)12-8-1-2-9(5-8)13(12)15(23)24;/h1-4,8-9,11-13H,5-7H2,(H,19,22)(H,23,24);/q;+1/p-1/t8-,9+,11?,12-,13+;/m1./s1. The zero-order valence-electron chi connectivity index (χ0n) is 13.7. The molecule has 6 nitrogen and oxygen atoms in total. The van der Waals surface area contributed by atoms with Crippen molar-refractivity contribution in [3.63, 3.8) is 0 Å². The smallest absolute Gasteiger partial charge is 0.550 e. The Balaban J connectivity index is 0.00000182. The fourth-order valence-corrected chi connectivity index (χ4v) is 4.02. The predicted octanol–water partition coefficient (Wildman–Crippen LogP) is -2.73. The van der Waals surface area contributed by atoms with Crippen LogP contribution in [0.1, 0.15) is 24.6 Å². The van der Waals surface area contributed by atoms with Gasteiger partial charge < -0.3 is 15.2 Å². The molecule has 1 aromatic rings. The van der Waals surface area contributed by atoms with Gasteiger partial charge in [-0.25, -0.2) is 8.78 Å². The summed E-state index contributed by atoms with van der Waals surface area (Å²) in [4.78, 5) is 23.8. The molecule has 1 N–H and O–H groups in total. The van der Waals surface area contributed by atoms with E-state index in [1.807, 2.05) is 12.2 Å². The number of nitrogens with one attached hydrogen (secondary N) is 1. The summed E-state index contributed by atoms with van der Waals surface area (Å²) in [6.45, 7) is 0.0444. The largest absolute Gasteiger partial charge is 1.00 e. The second-order valence-electron chi connectivity index (χ2n) is 6.78. The number of hydrogen-bond donors (Lipinski definition) is 1. The first-order valence-electron chi connectivity index (χ1n) is 7.95. The molecule has 0 spiro atoms. The van der Waals surface area contributed by atoms with Crippen molar-refractivity contribution in [3.05, 3.63) is 30.1 Å². The molecule has 2 fully saturated rings. The van der Waals surface area contributed by atoms with E-state index in [1.165, 1.54) is 10.9 Å². The third-order valence-corrected chi connectivity index (χ3v) is 5.32. The van der Waals surface area contributed by atoms with Gasteiger partial charge in [-0.2, -0.15) is 5.10 Å². The summed E-state index contributed by atoms with van der Waals surface area (Å²) >= 11 is 0. The molecule has 2 bridgehead atoms. The number of carbonyl (C=O) groups excluding carboxylic acids is 2. The van der Waals surface area contributed by atoms with Gasteiger partial charge >= 0.3 is 29.6 Å². The molecule has 0 saturated heterocycles. The summed E-state index contributed by atoms with van der Waals surface area (Å²) in [5.74, 6) is -6.09. The number of nitrogens with zero attached hydrogens (tertiary/aromatic N) is 2. The first-order valence-corrected chi connectivity index (χ1v) is 7.95. The number of carbonyl (C=O) groups is 2. The molecule has 3 aliphatic carbocycles. The summed E-state index contributed by atoms with van der Waals surface area (Å²) < 4.78 is 27.6. The van der Waals surface area contributed by atoms with Gasteiger partial charge in [0.15, 0.2) is 0 Å². The van der Waals surface area contributed by atoms with Crippen LogP contribution in [0.2, 0.25) is 0 Å². The number of halogens is 2. The van der Waals surface area contributed by atoms with E-state index in [9.17, 15) is 23.5 Å². The van der Waals surface area contributed by atoms with Crippen LogP contribution in [0.15, 0.2) is 24.4 Å². The molecular weight excluding hydrogens is 343 g/mol. The Morgan fingerprint density at radius 2 is 1.96 bits per heavy atom. The van der Waals surface area contributed by atoms with Crippen molar-refractivity contribution < 1.29 is 53.0 Å². The fraction of sp³-hybridized carbons (Fsp3) is 0.562. The SMILES string of the molecule is O=C([O-])[C@@H]1[C@H](C(=O)NCc2ccnn2C2CC2(F)F)[C@@H]2C=C[C@H]1C2.[Na+]. The number of fused-ring (bicyclic) bond motifs is 2. The maximum atomic E-state index is 13.2. The topological polar surface area (TPSA) is 87.0 Å². The number of carboxylic acid groups (broad SMARTS) is 1. The van der Waals surface area contributed by atoms with Crippen LogP contribution in [0, 0.1) is 23.7 Å². The molecule has 5 atom stereocenters. The zero-order valence-corrected chi connectivity index (χ0v) is 15.7. The quantitative estimate of drug-likeness (QED) is 0.457. The Kier molecular flexibility index (Phi) is 4.81. The Morgan fingerprint density at radius 3 is 2.56 bits per heavy atom. The minimum atomic E-state index is -2.75. The van der Waals surface area contributed by atoms with Crippen molar-refractivity contribution in [2.45, 2.75) is 31.4 Å². The van der Waals surface area contributed by atoms with Gasteiger partial charge in [0.2, 0.25) is 5.91 Å². The Morgan fingerprint density at radius 1 is 1.32 bits per heavy atom. The molecule has 2 saturated carbocycles. The van der Waals surface area contributed by atoms with Crippen molar-refractivity contribution >= 4 is 11.9 Å². The summed E-state index contributed by atoms with van der Waals surface area (Å²) in [6, 6.07) is 0.617. The summed E-state index contributed by atoms with van der Waals surface area (Å²) in [5, 5.41) is 17.9. The molecule has 128 valence electrons. The van der Waals surface area contributed by atoms with Crippen LogP contribution in [-0.4, -0.2) is 27.6 Å². The van der Waals surface area contributed by atoms with Crippen LogP contribution in [0.3, 0.4) is 0 Å². The summed E-state index contributed by atoms with van der Waals surface area (Å²) in [6.07, 6.45) is 5.52. The normalized spacial score (nSPS) is 33.8. The van der Waals surface area contributed by atoms with E-state index in [0.29, 0.717) is 12.1 Å². The van der Waals surface area contributed by atoms with Crippen molar-refractivity contribution in [3.8, 4) is 0 Å². The van der Waals surface area contributed by atoms with Crippen LogP contribution < -0.4 is 40.0 Å². The average Bonchev–Trinajstić information content (AvgIpc) is 3.03. The summed E-state index contributed by atoms with van der Waals surface area (Å²) in [7, 11) is 0. The fourth-order valence-electron chi connectivity index (χ4n) is 4.02. The van der Waals surface area contributed by atoms with Crippen molar-refractivity contribution in [1.82, 2.24) is 15.1 Å². The van der Waals surface area contributed by atoms with Gasteiger partial charge in [0, 0.05) is 24.5 Å². The van der Waals surface area contributed by atoms with Gasteiger partial charge in [0.25, 0.3) is 5.92 Å². The molecule has 3 aliphatic rings. The van der Waals surface area contributed by atoms with E-state index >= 15 is 0 Å². The van der Waals surface area contributed by atoms with Crippen LogP contribution in [0.25, 0.3) is 0 Å². The van der Waals surface area contributed by atoms with E-state index in [0.717, 1.165) is 0 Å². The van der Waals surface area contributed by atoms with E-state index in [2.05, 4.69) is 10.4 Å². The van der Waals surface area contributed by atoms with Gasteiger partial charge in [0.05, 0.1) is 18.2 Å². The maximum absolute atomic E-state index is 13.2. The molecule has 0 radical (unpaired) electrons. The Bertz CT molecular complexity index is 736. The van der Waals surface area contributed by atoms with Gasteiger partial charge in [0.1, 0.15) is 6.04 Å². The molecule has 25 heavy (non-hydrogen) atoms. The molecule has 1 heterocycles. The minimum Gasteiger partial charge on any atom is -0.550 e. The number of amides is 1. The minimum absolute atomic E-state index is 0. The third kappa shape index (κ3) is 3.15. The van der Waals surface area contributed by atoms with Crippen LogP contribution in [-0.2, 0) is 16.1 Å². The molecule has 1 amide bonds. The van der Waals surface area contributed by atoms with Gasteiger partial charge in [-0.1, -0.05) is 12.2 Å². The number of hydrogen-bond acceptors (Lipinski definition) is 4. The third-order valence-electron chi connectivity index (χ3n) is 5.32.